The Morgan fingerprint density at radius 1 is 1.24 bits per heavy atom. The Balaban J connectivity index is 1.84. The molecule has 1 aromatic rings. The number of carbonyl (C=O) groups excluding carboxylic acids is 1. The second kappa shape index (κ2) is 7.56. The molecular formula is C15H19N3O3. The van der Waals surface area contributed by atoms with Crippen LogP contribution in [-0.4, -0.2) is 54.6 Å². The average molecular weight is 289 g/mol. The van der Waals surface area contributed by atoms with Crippen molar-refractivity contribution in [3.63, 3.8) is 0 Å². The molecule has 1 saturated heterocycles. The zero-order chi connectivity index (χ0) is 15.1. The molecule has 1 amide bonds. The van der Waals surface area contributed by atoms with Gasteiger partial charge in [-0.05, 0) is 23.8 Å². The van der Waals surface area contributed by atoms with Crippen molar-refractivity contribution < 1.29 is 14.7 Å². The molecule has 0 atom stereocenters. The molecule has 1 aliphatic rings. The van der Waals surface area contributed by atoms with Crippen LogP contribution in [0.5, 0.6) is 0 Å². The summed E-state index contributed by atoms with van der Waals surface area (Å²) in [6.07, 6.45) is 2.59. The third kappa shape index (κ3) is 5.37. The van der Waals surface area contributed by atoms with Crippen LogP contribution >= 0.6 is 0 Å². The second-order valence-electron chi connectivity index (χ2n) is 4.87. The van der Waals surface area contributed by atoms with E-state index in [-0.39, 0.29) is 5.91 Å². The van der Waals surface area contributed by atoms with E-state index in [1.807, 2.05) is 0 Å². The van der Waals surface area contributed by atoms with Crippen molar-refractivity contribution in [2.24, 2.45) is 0 Å². The Kier molecular flexibility index (Phi) is 5.48. The molecule has 6 heteroatoms. The van der Waals surface area contributed by atoms with Crippen LogP contribution in [0.25, 0.3) is 6.08 Å². The van der Waals surface area contributed by atoms with Crippen molar-refractivity contribution in [3.05, 3.63) is 35.9 Å². The molecule has 0 saturated carbocycles. The number of carbonyl (C=O) groups is 2. The minimum absolute atomic E-state index is 0.0364. The van der Waals surface area contributed by atoms with E-state index < -0.39 is 5.97 Å². The molecule has 0 unspecified atom stereocenters. The minimum Gasteiger partial charge on any atom is -0.478 e. The quantitative estimate of drug-likeness (QED) is 0.693. The highest BCUT2D eigenvalue weighted by atomic mass is 16.4. The van der Waals surface area contributed by atoms with Gasteiger partial charge in [-0.1, -0.05) is 12.1 Å². The molecule has 1 fully saturated rings. The summed E-state index contributed by atoms with van der Waals surface area (Å²) in [6.45, 7) is 3.98. The molecule has 0 aromatic heterocycles. The predicted molar refractivity (Wildman–Crippen MR) is 81.1 cm³/mol. The maximum absolute atomic E-state index is 11.9. The summed E-state index contributed by atoms with van der Waals surface area (Å²) in [4.78, 5) is 24.4. The lowest BCUT2D eigenvalue weighted by molar-refractivity contribution is -0.131. The Hall–Kier alpha value is -2.18. The van der Waals surface area contributed by atoms with Crippen molar-refractivity contribution in [2.75, 3.05) is 38.0 Å². The smallest absolute Gasteiger partial charge is 0.328 e. The maximum atomic E-state index is 11.9. The van der Waals surface area contributed by atoms with Crippen LogP contribution in [0.15, 0.2) is 30.3 Å². The van der Waals surface area contributed by atoms with Gasteiger partial charge < -0.3 is 15.7 Å². The molecule has 112 valence electrons. The van der Waals surface area contributed by atoms with Crippen molar-refractivity contribution >= 4 is 23.6 Å². The van der Waals surface area contributed by atoms with E-state index in [2.05, 4.69) is 15.5 Å². The summed E-state index contributed by atoms with van der Waals surface area (Å²) < 4.78 is 0. The zero-order valence-electron chi connectivity index (χ0n) is 11.7. The number of hydrogen-bond acceptors (Lipinski definition) is 4. The van der Waals surface area contributed by atoms with E-state index in [1.165, 1.54) is 6.08 Å². The first kappa shape index (κ1) is 15.2. The van der Waals surface area contributed by atoms with Gasteiger partial charge in [0.2, 0.25) is 5.91 Å². The van der Waals surface area contributed by atoms with Crippen LogP contribution in [0.1, 0.15) is 5.56 Å². The lowest BCUT2D eigenvalue weighted by Gasteiger charge is -2.26. The number of nitrogens with one attached hydrogen (secondary N) is 2. The topological polar surface area (TPSA) is 81.7 Å². The second-order valence-corrected chi connectivity index (χ2v) is 4.87. The van der Waals surface area contributed by atoms with Crippen LogP contribution in [-0.2, 0) is 9.59 Å². The summed E-state index contributed by atoms with van der Waals surface area (Å²) in [7, 11) is 0. The molecule has 1 aromatic carbocycles. The van der Waals surface area contributed by atoms with Gasteiger partial charge in [0.05, 0.1) is 6.54 Å². The highest BCUT2D eigenvalue weighted by molar-refractivity contribution is 5.92. The van der Waals surface area contributed by atoms with Gasteiger partial charge in [0.1, 0.15) is 0 Å². The molecule has 2 rings (SSSR count). The Morgan fingerprint density at radius 2 is 1.90 bits per heavy atom. The summed E-state index contributed by atoms with van der Waals surface area (Å²) in [5.41, 5.74) is 1.49. The average Bonchev–Trinajstić information content (AvgIpc) is 2.47. The van der Waals surface area contributed by atoms with E-state index in [0.717, 1.165) is 37.8 Å². The van der Waals surface area contributed by atoms with Gasteiger partial charge >= 0.3 is 5.97 Å². The van der Waals surface area contributed by atoms with Crippen LogP contribution < -0.4 is 10.6 Å². The van der Waals surface area contributed by atoms with Crippen LogP contribution in [0, 0.1) is 0 Å². The van der Waals surface area contributed by atoms with Gasteiger partial charge in [0.15, 0.2) is 0 Å². The van der Waals surface area contributed by atoms with E-state index >= 15 is 0 Å². The van der Waals surface area contributed by atoms with Crippen LogP contribution in [0.2, 0.25) is 0 Å². The molecule has 1 aliphatic heterocycles. The normalized spacial score (nSPS) is 16.0. The number of anilines is 1. The fraction of sp³-hybridized carbons (Fsp3) is 0.333. The first-order valence-corrected chi connectivity index (χ1v) is 6.87. The molecule has 1 heterocycles. The molecule has 0 bridgehead atoms. The van der Waals surface area contributed by atoms with Crippen LogP contribution in [0.3, 0.4) is 0 Å². The third-order valence-corrected chi connectivity index (χ3v) is 3.19. The fourth-order valence-corrected chi connectivity index (χ4v) is 2.12. The Labute approximate surface area is 123 Å². The summed E-state index contributed by atoms with van der Waals surface area (Å²) in [5.74, 6) is -1.02. The molecule has 3 N–H and O–H groups in total. The Morgan fingerprint density at radius 3 is 2.52 bits per heavy atom. The van der Waals surface area contributed by atoms with Crippen LogP contribution in [0.4, 0.5) is 5.69 Å². The number of carboxylic acids is 1. The van der Waals surface area contributed by atoms with Gasteiger partial charge in [-0.15, -0.1) is 0 Å². The maximum Gasteiger partial charge on any atom is 0.328 e. The lowest BCUT2D eigenvalue weighted by Crippen LogP contribution is -2.46. The van der Waals surface area contributed by atoms with Gasteiger partial charge in [-0.3, -0.25) is 9.69 Å². The zero-order valence-corrected chi connectivity index (χ0v) is 11.7. The molecule has 0 spiro atoms. The standard InChI is InChI=1S/C15H19N3O3/c19-14(11-18-9-7-16-8-10-18)17-13-4-1-12(2-5-13)3-6-15(20)21/h1-6,16H,7-11H2,(H,17,19)(H,20,21)/b6-3+. The molecule has 0 radical (unpaired) electrons. The van der Waals surface area contributed by atoms with Gasteiger partial charge in [0.25, 0.3) is 0 Å². The van der Waals surface area contributed by atoms with Crippen molar-refractivity contribution in [1.29, 1.82) is 0 Å². The highest BCUT2D eigenvalue weighted by Gasteiger charge is 2.13. The lowest BCUT2D eigenvalue weighted by atomic mass is 10.2. The first-order chi connectivity index (χ1) is 10.1. The summed E-state index contributed by atoms with van der Waals surface area (Å²) in [5, 5.41) is 14.6. The third-order valence-electron chi connectivity index (χ3n) is 3.19. The van der Waals surface area contributed by atoms with E-state index in [0.29, 0.717) is 12.2 Å². The SMILES string of the molecule is O=C(O)/C=C/c1ccc(NC(=O)CN2CCNCC2)cc1. The van der Waals surface area contributed by atoms with Gasteiger partial charge in [-0.25, -0.2) is 4.79 Å². The van der Waals surface area contributed by atoms with Crippen molar-refractivity contribution in [3.8, 4) is 0 Å². The van der Waals surface area contributed by atoms with E-state index in [4.69, 9.17) is 5.11 Å². The number of amides is 1. The number of rotatable bonds is 5. The number of hydrogen-bond donors (Lipinski definition) is 3. The first-order valence-electron chi connectivity index (χ1n) is 6.87. The number of carboxylic acid groups (broad SMARTS) is 1. The number of aliphatic carboxylic acids is 1. The fourth-order valence-electron chi connectivity index (χ4n) is 2.12. The van der Waals surface area contributed by atoms with Crippen molar-refractivity contribution in [2.45, 2.75) is 0 Å². The number of piperazine rings is 1. The minimum atomic E-state index is -0.983. The highest BCUT2D eigenvalue weighted by Crippen LogP contribution is 2.11. The van der Waals surface area contributed by atoms with E-state index in [9.17, 15) is 9.59 Å². The molecule has 0 aliphatic carbocycles. The summed E-state index contributed by atoms with van der Waals surface area (Å²) >= 11 is 0. The van der Waals surface area contributed by atoms with Gasteiger partial charge in [0, 0.05) is 37.9 Å². The predicted octanol–water partition coefficient (Wildman–Crippen LogP) is 0.628. The molecule has 21 heavy (non-hydrogen) atoms. The monoisotopic (exact) mass is 289 g/mol. The van der Waals surface area contributed by atoms with Crippen molar-refractivity contribution in [1.82, 2.24) is 10.2 Å². The van der Waals surface area contributed by atoms with E-state index in [1.54, 1.807) is 24.3 Å². The molecular weight excluding hydrogens is 270 g/mol. The Bertz CT molecular complexity index is 519. The summed E-state index contributed by atoms with van der Waals surface area (Å²) in [6, 6.07) is 7.05. The molecule has 6 nitrogen and oxygen atoms in total. The number of benzene rings is 1. The van der Waals surface area contributed by atoms with Gasteiger partial charge in [-0.2, -0.15) is 0 Å². The largest absolute Gasteiger partial charge is 0.478 e. The number of nitrogens with zero attached hydrogens (tertiary/aromatic N) is 1.